The molecule has 0 saturated heterocycles. The van der Waals surface area contributed by atoms with Gasteiger partial charge in [-0.1, -0.05) is 17.7 Å². The maximum atomic E-state index is 5.48. The maximum Gasteiger partial charge on any atom is 0.0578 e. The molecule has 1 atom stereocenters. The molecule has 0 saturated carbocycles. The number of allylic oxidation sites excluding steroid dienone is 2. The Kier molecular flexibility index (Phi) is 1.07. The fourth-order valence-corrected chi connectivity index (χ4v) is 1.13. The monoisotopic (exact) mass is 122 g/mol. The highest BCUT2D eigenvalue weighted by molar-refractivity contribution is 6.33. The molecule has 0 aromatic rings. The summed E-state index contributed by atoms with van der Waals surface area (Å²) in [6, 6.07) is 0. The van der Waals surface area contributed by atoms with Crippen molar-refractivity contribution in [2.75, 3.05) is 0 Å². The highest BCUT2D eigenvalue weighted by atomic mass is 35.5. The molecule has 0 spiro atoms. The van der Waals surface area contributed by atoms with E-state index in [-0.39, 0.29) is 5.38 Å². The Labute approximate surface area is 46.7 Å². The van der Waals surface area contributed by atoms with Gasteiger partial charge in [0, 0.05) is 11.5 Å². The quantitative estimate of drug-likeness (QED) is 0.432. The summed E-state index contributed by atoms with van der Waals surface area (Å²) < 4.78 is 0. The lowest BCUT2D eigenvalue weighted by Crippen LogP contribution is -2.03. The van der Waals surface area contributed by atoms with Gasteiger partial charge in [0.05, 0.1) is 5.38 Å². The van der Waals surface area contributed by atoms with Crippen molar-refractivity contribution in [3.8, 4) is 0 Å². The molecule has 0 fully saturated rings. The molecular formula is C4H4Cl2. The average molecular weight is 123 g/mol. The van der Waals surface area contributed by atoms with Gasteiger partial charge in [-0.3, -0.25) is 0 Å². The van der Waals surface area contributed by atoms with Crippen molar-refractivity contribution in [3.05, 3.63) is 11.1 Å². The Hall–Kier alpha value is 0.320. The third-order valence-electron chi connectivity index (χ3n) is 0.752. The van der Waals surface area contributed by atoms with E-state index in [1.165, 1.54) is 0 Å². The van der Waals surface area contributed by atoms with E-state index in [1.54, 1.807) is 0 Å². The van der Waals surface area contributed by atoms with Gasteiger partial charge in [0.1, 0.15) is 0 Å². The molecule has 1 aliphatic carbocycles. The molecule has 34 valence electrons. The summed E-state index contributed by atoms with van der Waals surface area (Å²) in [4.78, 5) is 0. The molecule has 0 aromatic heterocycles. The van der Waals surface area contributed by atoms with Crippen LogP contribution in [-0.4, -0.2) is 5.38 Å². The van der Waals surface area contributed by atoms with Gasteiger partial charge in [0.25, 0.3) is 0 Å². The standard InChI is InChI=1S/C4H4Cl2/c5-3-1-4(6)2-3/h1,3H,2H2. The summed E-state index contributed by atoms with van der Waals surface area (Å²) >= 11 is 10.9. The SMILES string of the molecule is ClC1=CC(Cl)C1. The lowest BCUT2D eigenvalue weighted by molar-refractivity contribution is 0.946. The van der Waals surface area contributed by atoms with Crippen molar-refractivity contribution >= 4 is 23.2 Å². The first kappa shape index (κ1) is 4.48. The topological polar surface area (TPSA) is 0 Å². The van der Waals surface area contributed by atoms with Crippen LogP contribution < -0.4 is 0 Å². The van der Waals surface area contributed by atoms with Crippen LogP contribution in [0.2, 0.25) is 0 Å². The van der Waals surface area contributed by atoms with E-state index in [0.717, 1.165) is 11.5 Å². The maximum absolute atomic E-state index is 5.48. The molecule has 0 N–H and O–H groups in total. The molecule has 1 rings (SSSR count). The fraction of sp³-hybridized carbons (Fsp3) is 0.500. The molecule has 6 heavy (non-hydrogen) atoms. The van der Waals surface area contributed by atoms with Gasteiger partial charge in [0.15, 0.2) is 0 Å². The normalized spacial score (nSPS) is 31.7. The molecule has 1 aliphatic rings. The lowest BCUT2D eigenvalue weighted by atomic mass is 10.1. The van der Waals surface area contributed by atoms with Gasteiger partial charge < -0.3 is 0 Å². The zero-order valence-electron chi connectivity index (χ0n) is 3.12. The molecule has 0 aliphatic heterocycles. The smallest absolute Gasteiger partial charge is 0.0578 e. The number of hydrogen-bond acceptors (Lipinski definition) is 0. The summed E-state index contributed by atoms with van der Waals surface area (Å²) in [5.41, 5.74) is 0. The van der Waals surface area contributed by atoms with Crippen molar-refractivity contribution in [2.24, 2.45) is 0 Å². The van der Waals surface area contributed by atoms with Gasteiger partial charge in [-0.15, -0.1) is 11.6 Å². The largest absolute Gasteiger partial charge is 0.118 e. The first-order valence-electron chi connectivity index (χ1n) is 1.79. The van der Waals surface area contributed by atoms with Crippen molar-refractivity contribution in [1.82, 2.24) is 0 Å². The third kappa shape index (κ3) is 0.688. The predicted octanol–water partition coefficient (Wildman–Crippen LogP) is 2.12. The minimum Gasteiger partial charge on any atom is -0.118 e. The zero-order valence-corrected chi connectivity index (χ0v) is 4.63. The van der Waals surface area contributed by atoms with Crippen LogP contribution in [0.5, 0.6) is 0 Å². The first-order chi connectivity index (χ1) is 2.79. The van der Waals surface area contributed by atoms with Crippen LogP contribution >= 0.6 is 23.2 Å². The second-order valence-electron chi connectivity index (χ2n) is 1.33. The zero-order chi connectivity index (χ0) is 4.57. The van der Waals surface area contributed by atoms with Crippen molar-refractivity contribution < 1.29 is 0 Å². The van der Waals surface area contributed by atoms with Crippen molar-refractivity contribution in [2.45, 2.75) is 11.8 Å². The van der Waals surface area contributed by atoms with Crippen LogP contribution in [0.4, 0.5) is 0 Å². The summed E-state index contributed by atoms with van der Waals surface area (Å²) in [6.45, 7) is 0. The summed E-state index contributed by atoms with van der Waals surface area (Å²) in [5, 5.41) is 1.12. The average Bonchev–Trinajstić information content (AvgIpc) is 1.33. The second kappa shape index (κ2) is 1.43. The molecule has 0 aromatic carbocycles. The molecule has 0 amide bonds. The fourth-order valence-electron chi connectivity index (χ4n) is 0.349. The van der Waals surface area contributed by atoms with E-state index in [4.69, 9.17) is 23.2 Å². The number of rotatable bonds is 0. The Morgan fingerprint density at radius 1 is 1.83 bits per heavy atom. The van der Waals surface area contributed by atoms with Gasteiger partial charge in [-0.25, -0.2) is 0 Å². The summed E-state index contributed by atoms with van der Waals surface area (Å²) in [5.74, 6) is 0. The van der Waals surface area contributed by atoms with Crippen LogP contribution in [-0.2, 0) is 0 Å². The Morgan fingerprint density at radius 2 is 2.33 bits per heavy atom. The van der Waals surface area contributed by atoms with E-state index in [1.807, 2.05) is 6.08 Å². The number of halogens is 2. The Balaban J connectivity index is 2.46. The van der Waals surface area contributed by atoms with Crippen LogP contribution in [0.1, 0.15) is 6.42 Å². The number of alkyl halides is 1. The molecule has 1 unspecified atom stereocenters. The highest BCUT2D eigenvalue weighted by Gasteiger charge is 2.12. The highest BCUT2D eigenvalue weighted by Crippen LogP contribution is 2.26. The predicted molar refractivity (Wildman–Crippen MR) is 28.2 cm³/mol. The van der Waals surface area contributed by atoms with Crippen molar-refractivity contribution in [3.63, 3.8) is 0 Å². The van der Waals surface area contributed by atoms with Gasteiger partial charge >= 0.3 is 0 Å². The van der Waals surface area contributed by atoms with E-state index in [9.17, 15) is 0 Å². The molecule has 0 heterocycles. The summed E-state index contributed by atoms with van der Waals surface area (Å²) in [7, 11) is 0. The van der Waals surface area contributed by atoms with Gasteiger partial charge in [-0.05, 0) is 0 Å². The van der Waals surface area contributed by atoms with E-state index in [2.05, 4.69) is 0 Å². The molecular weight excluding hydrogens is 119 g/mol. The number of hydrogen-bond donors (Lipinski definition) is 0. The van der Waals surface area contributed by atoms with Crippen LogP contribution in [0, 0.1) is 0 Å². The van der Waals surface area contributed by atoms with Crippen LogP contribution in [0.3, 0.4) is 0 Å². The van der Waals surface area contributed by atoms with E-state index in [0.29, 0.717) is 0 Å². The van der Waals surface area contributed by atoms with Gasteiger partial charge in [-0.2, -0.15) is 0 Å². The second-order valence-corrected chi connectivity index (χ2v) is 2.38. The van der Waals surface area contributed by atoms with E-state index >= 15 is 0 Å². The molecule has 2 heteroatoms. The van der Waals surface area contributed by atoms with Gasteiger partial charge in [0.2, 0.25) is 0 Å². The Bertz CT molecular complexity index is 85.5. The minimum atomic E-state index is 0.220. The third-order valence-corrected chi connectivity index (χ3v) is 1.31. The molecule has 0 radical (unpaired) electrons. The van der Waals surface area contributed by atoms with E-state index < -0.39 is 0 Å². The van der Waals surface area contributed by atoms with Crippen LogP contribution in [0.25, 0.3) is 0 Å². The first-order valence-corrected chi connectivity index (χ1v) is 2.61. The molecule has 0 nitrogen and oxygen atoms in total. The minimum absolute atomic E-state index is 0.220. The Morgan fingerprint density at radius 3 is 2.33 bits per heavy atom. The van der Waals surface area contributed by atoms with Crippen molar-refractivity contribution in [1.29, 1.82) is 0 Å². The van der Waals surface area contributed by atoms with Crippen LogP contribution in [0.15, 0.2) is 11.1 Å². The summed E-state index contributed by atoms with van der Waals surface area (Å²) in [6.07, 6.45) is 2.70. The molecule has 0 bridgehead atoms. The lowest BCUT2D eigenvalue weighted by Gasteiger charge is -2.11.